The van der Waals surface area contributed by atoms with Gasteiger partial charge in [-0.1, -0.05) is 18.2 Å². The molecular formula is C25H32N2O4. The van der Waals surface area contributed by atoms with Crippen molar-refractivity contribution in [1.82, 2.24) is 9.80 Å². The Balaban J connectivity index is 1.47. The van der Waals surface area contributed by atoms with E-state index in [9.17, 15) is 9.59 Å². The van der Waals surface area contributed by atoms with Crippen LogP contribution >= 0.6 is 0 Å². The first-order valence-corrected chi connectivity index (χ1v) is 10.8. The first-order valence-electron chi connectivity index (χ1n) is 10.8. The summed E-state index contributed by atoms with van der Waals surface area (Å²) < 4.78 is 11.5. The molecule has 0 atom stereocenters. The third-order valence-electron chi connectivity index (χ3n) is 5.95. The van der Waals surface area contributed by atoms with Crippen molar-refractivity contribution < 1.29 is 19.1 Å². The fourth-order valence-corrected chi connectivity index (χ4v) is 3.57. The summed E-state index contributed by atoms with van der Waals surface area (Å²) in [6.45, 7) is 10.3. The minimum atomic E-state index is -0.0563. The van der Waals surface area contributed by atoms with Crippen molar-refractivity contribution in [3.63, 3.8) is 0 Å². The summed E-state index contributed by atoms with van der Waals surface area (Å²) in [6.07, 6.45) is 0.741. The number of hydrogen-bond acceptors (Lipinski definition) is 4. The van der Waals surface area contributed by atoms with E-state index < -0.39 is 0 Å². The zero-order chi connectivity index (χ0) is 22.4. The lowest BCUT2D eigenvalue weighted by molar-refractivity contribution is -0.135. The lowest BCUT2D eigenvalue weighted by Gasteiger charge is -2.22. The van der Waals surface area contributed by atoms with Gasteiger partial charge >= 0.3 is 0 Å². The van der Waals surface area contributed by atoms with Gasteiger partial charge in [0.2, 0.25) is 0 Å². The van der Waals surface area contributed by atoms with Crippen LogP contribution in [-0.2, 0) is 9.59 Å². The van der Waals surface area contributed by atoms with E-state index in [1.54, 1.807) is 9.80 Å². The zero-order valence-electron chi connectivity index (χ0n) is 18.9. The van der Waals surface area contributed by atoms with Crippen molar-refractivity contribution in [1.29, 1.82) is 0 Å². The van der Waals surface area contributed by atoms with E-state index in [1.165, 1.54) is 5.56 Å². The second kappa shape index (κ2) is 10.3. The lowest BCUT2D eigenvalue weighted by Crippen LogP contribution is -2.40. The number of nitrogens with zero attached hydrogens (tertiary/aromatic N) is 2. The van der Waals surface area contributed by atoms with Crippen LogP contribution in [0.15, 0.2) is 36.4 Å². The summed E-state index contributed by atoms with van der Waals surface area (Å²) in [5, 5.41) is 0. The topological polar surface area (TPSA) is 59.1 Å². The van der Waals surface area contributed by atoms with Gasteiger partial charge in [-0.15, -0.1) is 0 Å². The van der Waals surface area contributed by atoms with Crippen LogP contribution in [0, 0.1) is 27.7 Å². The van der Waals surface area contributed by atoms with E-state index >= 15 is 0 Å². The fraction of sp³-hybridized carbons (Fsp3) is 0.440. The molecule has 0 unspecified atom stereocenters. The van der Waals surface area contributed by atoms with Gasteiger partial charge in [-0.2, -0.15) is 0 Å². The smallest absolute Gasteiger partial charge is 0.260 e. The molecule has 1 saturated heterocycles. The minimum Gasteiger partial charge on any atom is -0.484 e. The van der Waals surface area contributed by atoms with Gasteiger partial charge in [0.05, 0.1) is 0 Å². The van der Waals surface area contributed by atoms with E-state index in [2.05, 4.69) is 0 Å². The second-order valence-corrected chi connectivity index (χ2v) is 8.14. The van der Waals surface area contributed by atoms with Gasteiger partial charge in [0.15, 0.2) is 13.2 Å². The Morgan fingerprint density at radius 3 is 2.06 bits per heavy atom. The first-order chi connectivity index (χ1) is 14.8. The SMILES string of the molecule is Cc1ccc(OCC(=O)N2CCCN(C(=O)COc3cccc(C)c3C)CC2)cc1C. The summed E-state index contributed by atoms with van der Waals surface area (Å²) in [5.41, 5.74) is 4.51. The van der Waals surface area contributed by atoms with Crippen LogP contribution in [0.5, 0.6) is 11.5 Å². The van der Waals surface area contributed by atoms with Crippen molar-refractivity contribution in [3.8, 4) is 11.5 Å². The molecule has 1 heterocycles. The number of hydrogen-bond donors (Lipinski definition) is 0. The molecule has 0 aromatic heterocycles. The Kier molecular flexibility index (Phi) is 7.55. The molecule has 6 heteroatoms. The molecular weight excluding hydrogens is 392 g/mol. The molecule has 1 aliphatic heterocycles. The molecule has 0 aliphatic carbocycles. The molecule has 1 aliphatic rings. The van der Waals surface area contributed by atoms with Crippen molar-refractivity contribution in [2.75, 3.05) is 39.4 Å². The van der Waals surface area contributed by atoms with Crippen LogP contribution < -0.4 is 9.47 Å². The van der Waals surface area contributed by atoms with Crippen molar-refractivity contribution >= 4 is 11.8 Å². The normalized spacial score (nSPS) is 14.2. The predicted molar refractivity (Wildman–Crippen MR) is 121 cm³/mol. The average Bonchev–Trinajstić information content (AvgIpc) is 3.01. The van der Waals surface area contributed by atoms with E-state index in [0.29, 0.717) is 31.9 Å². The Bertz CT molecular complexity index is 941. The molecule has 0 radical (unpaired) electrons. The minimum absolute atomic E-state index is 0.00614. The van der Waals surface area contributed by atoms with Crippen LogP contribution in [0.2, 0.25) is 0 Å². The zero-order valence-corrected chi connectivity index (χ0v) is 18.9. The summed E-state index contributed by atoms with van der Waals surface area (Å²) in [5.74, 6) is 1.33. The van der Waals surface area contributed by atoms with Crippen molar-refractivity contribution in [3.05, 3.63) is 58.7 Å². The summed E-state index contributed by atoms with van der Waals surface area (Å²) in [7, 11) is 0. The molecule has 2 aromatic carbocycles. The number of ether oxygens (including phenoxy) is 2. The average molecular weight is 425 g/mol. The van der Waals surface area contributed by atoms with Crippen LogP contribution in [-0.4, -0.2) is 61.0 Å². The second-order valence-electron chi connectivity index (χ2n) is 8.14. The van der Waals surface area contributed by atoms with E-state index in [1.807, 2.05) is 64.1 Å². The Labute approximate surface area is 184 Å². The standard InChI is InChI=1S/C25H32N2O4/c1-18-9-10-22(15-20(18)3)30-16-24(28)26-11-6-12-27(14-13-26)25(29)17-31-23-8-5-7-19(2)21(23)4/h5,7-10,15H,6,11-14,16-17H2,1-4H3. The highest BCUT2D eigenvalue weighted by atomic mass is 16.5. The molecule has 6 nitrogen and oxygen atoms in total. The van der Waals surface area contributed by atoms with Gasteiger partial charge < -0.3 is 19.3 Å². The number of rotatable bonds is 6. The third kappa shape index (κ3) is 6.00. The molecule has 2 aromatic rings. The number of benzene rings is 2. The van der Waals surface area contributed by atoms with Crippen molar-refractivity contribution in [2.45, 2.75) is 34.1 Å². The monoisotopic (exact) mass is 424 g/mol. The van der Waals surface area contributed by atoms with E-state index in [0.717, 1.165) is 28.9 Å². The van der Waals surface area contributed by atoms with Crippen molar-refractivity contribution in [2.24, 2.45) is 0 Å². The molecule has 1 fully saturated rings. The molecule has 3 rings (SSSR count). The first kappa shape index (κ1) is 22.7. The number of carbonyl (C=O) groups excluding carboxylic acids is 2. The van der Waals surface area contributed by atoms with Crippen LogP contribution in [0.4, 0.5) is 0 Å². The van der Waals surface area contributed by atoms with E-state index in [-0.39, 0.29) is 25.0 Å². The molecule has 166 valence electrons. The molecule has 0 saturated carbocycles. The molecule has 31 heavy (non-hydrogen) atoms. The van der Waals surface area contributed by atoms with Gasteiger partial charge in [0.25, 0.3) is 11.8 Å². The number of amides is 2. The highest BCUT2D eigenvalue weighted by Crippen LogP contribution is 2.20. The molecule has 0 N–H and O–H groups in total. The predicted octanol–water partition coefficient (Wildman–Crippen LogP) is 3.44. The van der Waals surface area contributed by atoms with Crippen LogP contribution in [0.25, 0.3) is 0 Å². The van der Waals surface area contributed by atoms with Gasteiger partial charge in [0.1, 0.15) is 11.5 Å². The Morgan fingerprint density at radius 1 is 0.774 bits per heavy atom. The Morgan fingerprint density at radius 2 is 1.42 bits per heavy atom. The largest absolute Gasteiger partial charge is 0.484 e. The molecule has 0 bridgehead atoms. The van der Waals surface area contributed by atoms with E-state index in [4.69, 9.17) is 9.47 Å². The summed E-state index contributed by atoms with van der Waals surface area (Å²) in [6, 6.07) is 11.7. The maximum Gasteiger partial charge on any atom is 0.260 e. The van der Waals surface area contributed by atoms with Crippen LogP contribution in [0.1, 0.15) is 28.7 Å². The fourth-order valence-electron chi connectivity index (χ4n) is 3.57. The maximum absolute atomic E-state index is 12.6. The highest BCUT2D eigenvalue weighted by molar-refractivity contribution is 5.79. The third-order valence-corrected chi connectivity index (χ3v) is 5.95. The number of carbonyl (C=O) groups is 2. The molecule has 2 amide bonds. The highest BCUT2D eigenvalue weighted by Gasteiger charge is 2.22. The summed E-state index contributed by atoms with van der Waals surface area (Å²) >= 11 is 0. The maximum atomic E-state index is 12.6. The molecule has 0 spiro atoms. The van der Waals surface area contributed by atoms with Crippen LogP contribution in [0.3, 0.4) is 0 Å². The quantitative estimate of drug-likeness (QED) is 0.713. The summed E-state index contributed by atoms with van der Waals surface area (Å²) in [4.78, 5) is 28.8. The van der Waals surface area contributed by atoms with Gasteiger partial charge in [-0.3, -0.25) is 9.59 Å². The lowest BCUT2D eigenvalue weighted by atomic mass is 10.1. The van der Waals surface area contributed by atoms with Gasteiger partial charge in [0, 0.05) is 26.2 Å². The van der Waals surface area contributed by atoms with Gasteiger partial charge in [-0.05, 0) is 74.6 Å². The number of aryl methyl sites for hydroxylation is 3. The Hall–Kier alpha value is -3.02. The van der Waals surface area contributed by atoms with Gasteiger partial charge in [-0.25, -0.2) is 0 Å².